The predicted octanol–water partition coefficient (Wildman–Crippen LogP) is 3.54. The summed E-state index contributed by atoms with van der Waals surface area (Å²) >= 11 is 3.38. The summed E-state index contributed by atoms with van der Waals surface area (Å²) in [6.45, 7) is 4.13. The lowest BCUT2D eigenvalue weighted by atomic mass is 10.1. The monoisotopic (exact) mass is 460 g/mol. The Morgan fingerprint density at radius 3 is 2.93 bits per heavy atom. The summed E-state index contributed by atoms with van der Waals surface area (Å²) in [5.74, 6) is 1.29. The molecule has 7 nitrogen and oxygen atoms in total. The smallest absolute Gasteiger partial charge is 0.265 e. The van der Waals surface area contributed by atoms with Gasteiger partial charge in [-0.05, 0) is 38.1 Å². The van der Waals surface area contributed by atoms with Gasteiger partial charge in [0.1, 0.15) is 29.9 Å². The molecular weight excluding hydrogens is 440 g/mol. The van der Waals surface area contributed by atoms with Gasteiger partial charge in [-0.15, -0.1) is 0 Å². The van der Waals surface area contributed by atoms with Crippen molar-refractivity contribution in [1.82, 2.24) is 0 Å². The summed E-state index contributed by atoms with van der Waals surface area (Å²) in [5.41, 5.74) is 2.15. The second-order valence-corrected chi connectivity index (χ2v) is 7.87. The van der Waals surface area contributed by atoms with Gasteiger partial charge in [0.05, 0.1) is 18.0 Å². The lowest BCUT2D eigenvalue weighted by Crippen LogP contribution is -2.43. The zero-order valence-electron chi connectivity index (χ0n) is 16.2. The molecule has 1 N–H and O–H groups in total. The van der Waals surface area contributed by atoms with Crippen molar-refractivity contribution in [3.05, 3.63) is 40.4 Å². The first-order valence-corrected chi connectivity index (χ1v) is 10.2. The number of rotatable bonds is 5. The minimum Gasteiger partial charge on any atom is -0.492 e. The molecule has 2 aliphatic rings. The molecule has 2 aromatic carbocycles. The highest BCUT2D eigenvalue weighted by molar-refractivity contribution is 9.10. The number of benzene rings is 2. The van der Waals surface area contributed by atoms with E-state index in [2.05, 4.69) is 21.2 Å². The number of hydrogen-bond donors (Lipinski definition) is 1. The molecule has 0 spiro atoms. The Hall–Kier alpha value is -2.74. The third-order valence-electron chi connectivity index (χ3n) is 4.74. The Labute approximate surface area is 177 Å². The van der Waals surface area contributed by atoms with Crippen molar-refractivity contribution in [2.24, 2.45) is 0 Å². The van der Waals surface area contributed by atoms with Crippen LogP contribution in [0, 0.1) is 0 Å². The minimum absolute atomic E-state index is 0.0900. The second kappa shape index (κ2) is 7.94. The highest BCUT2D eigenvalue weighted by atomic mass is 79.9. The van der Waals surface area contributed by atoms with Gasteiger partial charge in [0.25, 0.3) is 5.91 Å². The maximum Gasteiger partial charge on any atom is 0.265 e. The molecule has 2 aliphatic heterocycles. The molecule has 1 atom stereocenters. The summed E-state index contributed by atoms with van der Waals surface area (Å²) < 4.78 is 17.8. The summed E-state index contributed by atoms with van der Waals surface area (Å²) in [6, 6.07) is 9.02. The van der Waals surface area contributed by atoms with Gasteiger partial charge in [-0.3, -0.25) is 14.5 Å². The first-order chi connectivity index (χ1) is 13.9. The van der Waals surface area contributed by atoms with Crippen molar-refractivity contribution in [1.29, 1.82) is 0 Å². The number of hydrogen-bond acceptors (Lipinski definition) is 5. The molecule has 2 amide bonds. The van der Waals surface area contributed by atoms with E-state index in [1.807, 2.05) is 19.9 Å². The van der Waals surface area contributed by atoms with Crippen molar-refractivity contribution in [2.45, 2.75) is 26.4 Å². The molecule has 0 aliphatic carbocycles. The number of nitrogens with one attached hydrogen (secondary N) is 1. The van der Waals surface area contributed by atoms with Gasteiger partial charge >= 0.3 is 0 Å². The van der Waals surface area contributed by atoms with E-state index in [1.54, 1.807) is 24.3 Å². The molecule has 0 saturated carbocycles. The number of fused-ring (bicyclic) bond motifs is 2. The maximum absolute atomic E-state index is 12.8. The average molecular weight is 461 g/mol. The third-order valence-corrected chi connectivity index (χ3v) is 5.23. The van der Waals surface area contributed by atoms with Crippen LogP contribution in [0.2, 0.25) is 0 Å². The lowest BCUT2D eigenvalue weighted by molar-refractivity contribution is -0.123. The fraction of sp³-hybridized carbons (Fsp3) is 0.333. The highest BCUT2D eigenvalue weighted by Gasteiger charge is 2.28. The molecule has 0 saturated heterocycles. The standard InChI is InChI=1S/C21H21BrN2O5/c1-3-27-18-7-13-6-12(2)29-17(13)9-15(18)23-20(25)10-24-16-5-4-14(22)8-19(16)28-11-21(24)26/h4-5,7-9,12H,3,6,10-11H2,1-2H3,(H,23,25). The second-order valence-electron chi connectivity index (χ2n) is 6.95. The van der Waals surface area contributed by atoms with E-state index in [0.717, 1.165) is 22.2 Å². The van der Waals surface area contributed by atoms with Crippen LogP contribution in [0.15, 0.2) is 34.8 Å². The molecule has 1 unspecified atom stereocenters. The average Bonchev–Trinajstić information content (AvgIpc) is 3.03. The van der Waals surface area contributed by atoms with Crippen LogP contribution in [0.25, 0.3) is 0 Å². The maximum atomic E-state index is 12.8. The van der Waals surface area contributed by atoms with E-state index in [0.29, 0.717) is 29.5 Å². The molecule has 8 heteroatoms. The van der Waals surface area contributed by atoms with E-state index in [-0.39, 0.29) is 31.1 Å². The summed E-state index contributed by atoms with van der Waals surface area (Å²) in [5, 5.41) is 2.86. The van der Waals surface area contributed by atoms with Crippen LogP contribution in [0.3, 0.4) is 0 Å². The minimum atomic E-state index is -0.332. The number of carbonyl (C=O) groups excluding carboxylic acids is 2. The molecular formula is C21H21BrN2O5. The van der Waals surface area contributed by atoms with Gasteiger partial charge in [-0.25, -0.2) is 0 Å². The van der Waals surface area contributed by atoms with Gasteiger partial charge in [-0.2, -0.15) is 0 Å². The number of halogens is 1. The van der Waals surface area contributed by atoms with E-state index < -0.39 is 0 Å². The molecule has 0 fully saturated rings. The lowest BCUT2D eigenvalue weighted by Gasteiger charge is -2.29. The van der Waals surface area contributed by atoms with Crippen LogP contribution < -0.4 is 24.4 Å². The quantitative estimate of drug-likeness (QED) is 0.738. The van der Waals surface area contributed by atoms with Crippen molar-refractivity contribution in [3.8, 4) is 17.2 Å². The number of ether oxygens (including phenoxy) is 3. The first-order valence-electron chi connectivity index (χ1n) is 9.43. The largest absolute Gasteiger partial charge is 0.492 e. The van der Waals surface area contributed by atoms with Gasteiger partial charge in [-0.1, -0.05) is 15.9 Å². The Balaban J connectivity index is 1.55. The van der Waals surface area contributed by atoms with Gasteiger partial charge in [0.2, 0.25) is 5.91 Å². The van der Waals surface area contributed by atoms with Crippen molar-refractivity contribution >= 4 is 39.1 Å². The van der Waals surface area contributed by atoms with E-state index in [9.17, 15) is 9.59 Å². The molecule has 2 aromatic rings. The molecule has 0 aromatic heterocycles. The topological polar surface area (TPSA) is 77.1 Å². The molecule has 29 heavy (non-hydrogen) atoms. The summed E-state index contributed by atoms with van der Waals surface area (Å²) in [6.07, 6.45) is 0.894. The highest BCUT2D eigenvalue weighted by Crippen LogP contribution is 2.38. The first kappa shape index (κ1) is 19.6. The summed E-state index contributed by atoms with van der Waals surface area (Å²) in [7, 11) is 0. The van der Waals surface area contributed by atoms with E-state index in [4.69, 9.17) is 14.2 Å². The van der Waals surface area contributed by atoms with E-state index >= 15 is 0 Å². The number of anilines is 2. The normalized spacial score (nSPS) is 17.1. The Bertz CT molecular complexity index is 978. The molecule has 4 rings (SSSR count). The van der Waals surface area contributed by atoms with E-state index in [1.165, 1.54) is 4.90 Å². The molecule has 0 bridgehead atoms. The third kappa shape index (κ3) is 4.03. The van der Waals surface area contributed by atoms with Crippen LogP contribution in [0.5, 0.6) is 17.2 Å². The van der Waals surface area contributed by atoms with Crippen molar-refractivity contribution < 1.29 is 23.8 Å². The van der Waals surface area contributed by atoms with Crippen LogP contribution >= 0.6 is 15.9 Å². The Morgan fingerprint density at radius 2 is 2.14 bits per heavy atom. The van der Waals surface area contributed by atoms with Crippen molar-refractivity contribution in [3.63, 3.8) is 0 Å². The number of amides is 2. The van der Waals surface area contributed by atoms with Crippen LogP contribution in [-0.2, 0) is 16.0 Å². The van der Waals surface area contributed by atoms with Crippen molar-refractivity contribution in [2.75, 3.05) is 30.0 Å². The fourth-order valence-corrected chi connectivity index (χ4v) is 3.84. The molecule has 152 valence electrons. The fourth-order valence-electron chi connectivity index (χ4n) is 3.50. The summed E-state index contributed by atoms with van der Waals surface area (Å²) in [4.78, 5) is 26.5. The SMILES string of the molecule is CCOc1cc2c(cc1NC(=O)CN1C(=O)COc3cc(Br)ccc31)OC(C)C2. The number of carbonyl (C=O) groups is 2. The van der Waals surface area contributed by atoms with Crippen LogP contribution in [0.4, 0.5) is 11.4 Å². The molecule has 0 radical (unpaired) electrons. The zero-order chi connectivity index (χ0) is 20.5. The zero-order valence-corrected chi connectivity index (χ0v) is 17.7. The Kier molecular flexibility index (Phi) is 5.36. The molecule has 2 heterocycles. The van der Waals surface area contributed by atoms with Crippen LogP contribution in [-0.4, -0.2) is 37.7 Å². The van der Waals surface area contributed by atoms with Gasteiger partial charge < -0.3 is 19.5 Å². The van der Waals surface area contributed by atoms with Crippen LogP contribution in [0.1, 0.15) is 19.4 Å². The Morgan fingerprint density at radius 1 is 1.31 bits per heavy atom. The van der Waals surface area contributed by atoms with Gasteiger partial charge in [0.15, 0.2) is 6.61 Å². The predicted molar refractivity (Wildman–Crippen MR) is 112 cm³/mol. The number of nitrogens with zero attached hydrogens (tertiary/aromatic N) is 1. The van der Waals surface area contributed by atoms with Gasteiger partial charge in [0, 0.05) is 22.5 Å².